The van der Waals surface area contributed by atoms with E-state index in [1.807, 2.05) is 0 Å². The second-order valence-electron chi connectivity index (χ2n) is 5.27. The Bertz CT molecular complexity index is 413. The summed E-state index contributed by atoms with van der Waals surface area (Å²) in [5.74, 6) is -1.06. The van der Waals surface area contributed by atoms with E-state index < -0.39 is 5.97 Å². The summed E-state index contributed by atoms with van der Waals surface area (Å²) < 4.78 is 12.9. The maximum absolute atomic E-state index is 12.9. The van der Waals surface area contributed by atoms with Crippen molar-refractivity contribution in [2.75, 3.05) is 0 Å². The van der Waals surface area contributed by atoms with Crippen molar-refractivity contribution in [1.82, 2.24) is 5.32 Å². The van der Waals surface area contributed by atoms with Crippen LogP contribution in [0, 0.1) is 5.82 Å². The molecule has 2 rings (SSSR count). The molecule has 0 bridgehead atoms. The van der Waals surface area contributed by atoms with Crippen LogP contribution in [0.4, 0.5) is 4.39 Å². The molecule has 1 aromatic carbocycles. The molecule has 0 aromatic heterocycles. The van der Waals surface area contributed by atoms with Crippen molar-refractivity contribution < 1.29 is 14.3 Å². The highest BCUT2D eigenvalue weighted by Crippen LogP contribution is 2.19. The van der Waals surface area contributed by atoms with Gasteiger partial charge in [-0.1, -0.05) is 25.0 Å². The van der Waals surface area contributed by atoms with Crippen molar-refractivity contribution >= 4 is 5.97 Å². The zero-order valence-corrected chi connectivity index (χ0v) is 10.9. The molecule has 1 saturated carbocycles. The molecule has 19 heavy (non-hydrogen) atoms. The molecule has 0 amide bonds. The number of carbonyl (C=O) groups is 1. The molecular weight excluding hydrogens is 245 g/mol. The molecule has 0 radical (unpaired) electrons. The first-order chi connectivity index (χ1) is 9.13. The number of benzene rings is 1. The highest BCUT2D eigenvalue weighted by Gasteiger charge is 2.21. The summed E-state index contributed by atoms with van der Waals surface area (Å²) in [7, 11) is 0. The van der Waals surface area contributed by atoms with E-state index in [9.17, 15) is 9.18 Å². The monoisotopic (exact) mass is 265 g/mol. The average molecular weight is 265 g/mol. The molecule has 0 spiro atoms. The number of rotatable bonds is 6. The summed E-state index contributed by atoms with van der Waals surface area (Å²) in [5.41, 5.74) is 0.971. The van der Waals surface area contributed by atoms with Gasteiger partial charge in [0.05, 0.1) is 6.42 Å². The zero-order valence-electron chi connectivity index (χ0n) is 10.9. The Hall–Kier alpha value is -1.42. The molecule has 1 atom stereocenters. The molecule has 104 valence electrons. The van der Waals surface area contributed by atoms with Gasteiger partial charge in [-0.3, -0.25) is 4.79 Å². The lowest BCUT2D eigenvalue weighted by molar-refractivity contribution is -0.137. The first-order valence-corrected chi connectivity index (χ1v) is 6.86. The number of aliphatic carboxylic acids is 1. The summed E-state index contributed by atoms with van der Waals surface area (Å²) >= 11 is 0. The number of carboxylic acid groups (broad SMARTS) is 1. The van der Waals surface area contributed by atoms with Crippen LogP contribution in [-0.2, 0) is 11.2 Å². The molecule has 0 heterocycles. The van der Waals surface area contributed by atoms with Crippen LogP contribution >= 0.6 is 0 Å². The zero-order chi connectivity index (χ0) is 13.7. The predicted molar refractivity (Wildman–Crippen MR) is 71.5 cm³/mol. The van der Waals surface area contributed by atoms with Gasteiger partial charge in [0.25, 0.3) is 0 Å². The number of hydrogen-bond donors (Lipinski definition) is 2. The number of halogens is 1. The first-order valence-electron chi connectivity index (χ1n) is 6.86. The summed E-state index contributed by atoms with van der Waals surface area (Å²) in [5, 5.41) is 12.4. The second kappa shape index (κ2) is 6.66. The van der Waals surface area contributed by atoms with Gasteiger partial charge in [-0.2, -0.15) is 0 Å². The molecule has 1 aliphatic rings. The van der Waals surface area contributed by atoms with E-state index in [2.05, 4.69) is 5.32 Å². The highest BCUT2D eigenvalue weighted by molar-refractivity contribution is 5.67. The second-order valence-corrected chi connectivity index (χ2v) is 5.27. The van der Waals surface area contributed by atoms with E-state index in [0.29, 0.717) is 12.5 Å². The van der Waals surface area contributed by atoms with Crippen molar-refractivity contribution in [2.24, 2.45) is 0 Å². The Labute approximate surface area is 112 Å². The van der Waals surface area contributed by atoms with E-state index in [1.54, 1.807) is 12.1 Å². The van der Waals surface area contributed by atoms with Crippen LogP contribution in [0.1, 0.15) is 37.7 Å². The van der Waals surface area contributed by atoms with E-state index in [1.165, 1.54) is 25.0 Å². The van der Waals surface area contributed by atoms with Crippen molar-refractivity contribution in [1.29, 1.82) is 0 Å². The third kappa shape index (κ3) is 4.63. The van der Waals surface area contributed by atoms with E-state index >= 15 is 0 Å². The van der Waals surface area contributed by atoms with Crippen molar-refractivity contribution in [3.63, 3.8) is 0 Å². The van der Waals surface area contributed by atoms with Crippen LogP contribution in [-0.4, -0.2) is 23.2 Å². The van der Waals surface area contributed by atoms with Gasteiger partial charge in [-0.25, -0.2) is 4.39 Å². The van der Waals surface area contributed by atoms with Crippen LogP contribution in [0.15, 0.2) is 24.3 Å². The third-order valence-corrected chi connectivity index (χ3v) is 3.64. The van der Waals surface area contributed by atoms with Gasteiger partial charge in [0, 0.05) is 12.1 Å². The highest BCUT2D eigenvalue weighted by atomic mass is 19.1. The fourth-order valence-corrected chi connectivity index (χ4v) is 2.73. The van der Waals surface area contributed by atoms with Crippen LogP contribution in [0.25, 0.3) is 0 Å². The molecule has 3 nitrogen and oxygen atoms in total. The molecule has 1 fully saturated rings. The standard InChI is InChI=1S/C15H20FNO2/c16-12-7-5-11(6-8-12)9-14(10-15(18)19)17-13-3-1-2-4-13/h5-8,13-14,17H,1-4,9-10H2,(H,18,19). The van der Waals surface area contributed by atoms with Crippen LogP contribution in [0.3, 0.4) is 0 Å². The Morgan fingerprint density at radius 3 is 2.53 bits per heavy atom. The Morgan fingerprint density at radius 1 is 1.32 bits per heavy atom. The molecule has 4 heteroatoms. The maximum Gasteiger partial charge on any atom is 0.304 e. The van der Waals surface area contributed by atoms with Gasteiger partial charge in [0.1, 0.15) is 5.82 Å². The quantitative estimate of drug-likeness (QED) is 0.831. The largest absolute Gasteiger partial charge is 0.481 e. The molecule has 0 saturated heterocycles. The fraction of sp³-hybridized carbons (Fsp3) is 0.533. The van der Waals surface area contributed by atoms with Crippen molar-refractivity contribution in [2.45, 2.75) is 50.6 Å². The van der Waals surface area contributed by atoms with Gasteiger partial charge in [-0.15, -0.1) is 0 Å². The molecule has 0 aliphatic heterocycles. The van der Waals surface area contributed by atoms with Gasteiger partial charge >= 0.3 is 5.97 Å². The molecular formula is C15H20FNO2. The maximum atomic E-state index is 12.9. The van der Waals surface area contributed by atoms with Crippen LogP contribution in [0.2, 0.25) is 0 Å². The third-order valence-electron chi connectivity index (χ3n) is 3.64. The van der Waals surface area contributed by atoms with Crippen molar-refractivity contribution in [3.05, 3.63) is 35.6 Å². The lowest BCUT2D eigenvalue weighted by Crippen LogP contribution is -2.39. The normalized spacial score (nSPS) is 17.5. The minimum absolute atomic E-state index is 0.0777. The number of hydrogen-bond acceptors (Lipinski definition) is 2. The number of nitrogens with one attached hydrogen (secondary N) is 1. The molecule has 1 aliphatic carbocycles. The van der Waals surface area contributed by atoms with E-state index in [4.69, 9.17) is 5.11 Å². The van der Waals surface area contributed by atoms with Crippen molar-refractivity contribution in [3.8, 4) is 0 Å². The summed E-state index contributed by atoms with van der Waals surface area (Å²) in [4.78, 5) is 10.9. The van der Waals surface area contributed by atoms with Crippen LogP contribution < -0.4 is 5.32 Å². The van der Waals surface area contributed by atoms with Gasteiger partial charge in [0.2, 0.25) is 0 Å². The minimum Gasteiger partial charge on any atom is -0.481 e. The average Bonchev–Trinajstić information content (AvgIpc) is 2.84. The Balaban J connectivity index is 1.95. The Kier molecular flexibility index (Phi) is 4.91. The predicted octanol–water partition coefficient (Wildman–Crippen LogP) is 2.74. The summed E-state index contributed by atoms with van der Waals surface area (Å²) in [6.45, 7) is 0. The SMILES string of the molecule is O=C(O)CC(Cc1ccc(F)cc1)NC1CCCC1. The minimum atomic E-state index is -0.794. The van der Waals surface area contributed by atoms with Crippen LogP contribution in [0.5, 0.6) is 0 Å². The smallest absolute Gasteiger partial charge is 0.304 e. The summed E-state index contributed by atoms with van der Waals surface area (Å²) in [6.07, 6.45) is 5.41. The Morgan fingerprint density at radius 2 is 1.95 bits per heavy atom. The van der Waals surface area contributed by atoms with Gasteiger partial charge in [0.15, 0.2) is 0 Å². The lowest BCUT2D eigenvalue weighted by Gasteiger charge is -2.21. The molecule has 2 N–H and O–H groups in total. The molecule has 1 unspecified atom stereocenters. The first kappa shape index (κ1) is 14.0. The lowest BCUT2D eigenvalue weighted by atomic mass is 10.0. The fourth-order valence-electron chi connectivity index (χ4n) is 2.73. The number of carboxylic acids is 1. The van der Waals surface area contributed by atoms with Gasteiger partial charge < -0.3 is 10.4 Å². The van der Waals surface area contributed by atoms with E-state index in [-0.39, 0.29) is 18.3 Å². The summed E-state index contributed by atoms with van der Waals surface area (Å²) in [6, 6.07) is 6.64. The van der Waals surface area contributed by atoms with E-state index in [0.717, 1.165) is 18.4 Å². The van der Waals surface area contributed by atoms with Gasteiger partial charge in [-0.05, 0) is 37.0 Å². The topological polar surface area (TPSA) is 49.3 Å². The molecule has 1 aromatic rings.